The number of aliphatic hydroxyl groups is 1. The molecule has 0 aromatic heterocycles. The minimum Gasteiger partial charge on any atom is -0.481 e. The lowest BCUT2D eigenvalue weighted by Crippen LogP contribution is -2.44. The number of esters is 2. The van der Waals surface area contributed by atoms with Crippen molar-refractivity contribution in [3.05, 3.63) is 12.2 Å². The highest BCUT2D eigenvalue weighted by Crippen LogP contribution is 2.25. The molecule has 0 bridgehead atoms. The summed E-state index contributed by atoms with van der Waals surface area (Å²) in [6.45, 7) is 6.80. The summed E-state index contributed by atoms with van der Waals surface area (Å²) in [4.78, 5) is 33.6. The van der Waals surface area contributed by atoms with Crippen molar-refractivity contribution in [1.29, 1.82) is 0 Å². The number of rotatable bonds is 10. The van der Waals surface area contributed by atoms with Crippen LogP contribution in [0.25, 0.3) is 0 Å². The summed E-state index contributed by atoms with van der Waals surface area (Å²) < 4.78 is 10.2. The Kier molecular flexibility index (Phi) is 9.95. The van der Waals surface area contributed by atoms with Gasteiger partial charge in [-0.3, -0.25) is 9.59 Å². The van der Waals surface area contributed by atoms with E-state index >= 15 is 0 Å². The summed E-state index contributed by atoms with van der Waals surface area (Å²) in [5.74, 6) is -2.00. The van der Waals surface area contributed by atoms with Crippen molar-refractivity contribution in [3.63, 3.8) is 0 Å². The third-order valence-corrected chi connectivity index (χ3v) is 3.19. The average Bonchev–Trinajstić information content (AvgIpc) is 2.45. The highest BCUT2D eigenvalue weighted by atomic mass is 16.6. The first kappa shape index (κ1) is 22.1. The Morgan fingerprint density at radius 2 is 1.71 bits per heavy atom. The number of carbonyl (C=O) groups is 3. The van der Waals surface area contributed by atoms with Gasteiger partial charge in [-0.25, -0.2) is 4.79 Å². The molecule has 0 radical (unpaired) electrons. The van der Waals surface area contributed by atoms with E-state index in [-0.39, 0.29) is 19.4 Å². The summed E-state index contributed by atoms with van der Waals surface area (Å²) >= 11 is 0. The third-order valence-electron chi connectivity index (χ3n) is 3.19. The molecule has 2 unspecified atom stereocenters. The molecule has 0 heterocycles. The van der Waals surface area contributed by atoms with Gasteiger partial charge in [-0.1, -0.05) is 26.8 Å². The number of aliphatic carboxylic acids is 1. The van der Waals surface area contributed by atoms with Crippen molar-refractivity contribution in [3.8, 4) is 0 Å². The van der Waals surface area contributed by atoms with E-state index in [9.17, 15) is 19.5 Å². The van der Waals surface area contributed by atoms with E-state index in [4.69, 9.17) is 14.6 Å². The van der Waals surface area contributed by atoms with Crippen LogP contribution in [-0.4, -0.2) is 46.9 Å². The van der Waals surface area contributed by atoms with Crippen molar-refractivity contribution >= 4 is 17.9 Å². The second-order valence-corrected chi connectivity index (χ2v) is 6.57. The molecule has 0 saturated heterocycles. The first-order valence-corrected chi connectivity index (χ1v) is 7.96. The van der Waals surface area contributed by atoms with Gasteiger partial charge in [-0.15, -0.1) is 0 Å². The van der Waals surface area contributed by atoms with Crippen molar-refractivity contribution < 1.29 is 34.1 Å². The van der Waals surface area contributed by atoms with E-state index in [1.165, 1.54) is 12.2 Å². The molecule has 0 saturated carbocycles. The highest BCUT2D eigenvalue weighted by molar-refractivity contribution is 5.82. The molecule has 0 amide bonds. The summed E-state index contributed by atoms with van der Waals surface area (Å²) in [7, 11) is 0. The Bertz CT molecular complexity index is 448. The molecule has 0 aliphatic carbocycles. The van der Waals surface area contributed by atoms with Crippen LogP contribution in [0, 0.1) is 5.41 Å². The Labute approximate surface area is 142 Å². The van der Waals surface area contributed by atoms with Gasteiger partial charge in [0, 0.05) is 24.3 Å². The van der Waals surface area contributed by atoms with Gasteiger partial charge < -0.3 is 19.7 Å². The second-order valence-electron chi connectivity index (χ2n) is 6.57. The number of carbonyl (C=O) groups excluding carboxylic acids is 2. The monoisotopic (exact) mass is 344 g/mol. The molecular weight excluding hydrogens is 316 g/mol. The zero-order valence-corrected chi connectivity index (χ0v) is 14.8. The largest absolute Gasteiger partial charge is 0.481 e. The maximum absolute atomic E-state index is 11.6. The van der Waals surface area contributed by atoms with E-state index in [1.807, 2.05) is 0 Å². The van der Waals surface area contributed by atoms with Crippen molar-refractivity contribution in [2.24, 2.45) is 5.41 Å². The number of allylic oxidation sites excluding steroid dienone is 1. The number of ether oxygens (including phenoxy) is 2. The van der Waals surface area contributed by atoms with Crippen molar-refractivity contribution in [1.82, 2.24) is 0 Å². The molecule has 7 nitrogen and oxygen atoms in total. The quantitative estimate of drug-likeness (QED) is 0.354. The van der Waals surface area contributed by atoms with Crippen LogP contribution in [0.1, 0.15) is 53.4 Å². The fraction of sp³-hybridized carbons (Fsp3) is 0.706. The lowest BCUT2D eigenvalue weighted by Gasteiger charge is -2.33. The average molecular weight is 344 g/mol. The highest BCUT2D eigenvalue weighted by Gasteiger charge is 2.35. The second kappa shape index (κ2) is 10.8. The van der Waals surface area contributed by atoms with Gasteiger partial charge in [-0.05, 0) is 19.8 Å². The minimum atomic E-state index is -1.15. The maximum Gasteiger partial charge on any atom is 0.330 e. The van der Waals surface area contributed by atoms with Gasteiger partial charge in [0.2, 0.25) is 0 Å². The van der Waals surface area contributed by atoms with Crippen LogP contribution in [0.4, 0.5) is 0 Å². The van der Waals surface area contributed by atoms with Crippen LogP contribution in [0.2, 0.25) is 0 Å². The predicted octanol–water partition coefficient (Wildman–Crippen LogP) is 2.07. The zero-order chi connectivity index (χ0) is 18.8. The summed E-state index contributed by atoms with van der Waals surface area (Å²) in [6, 6.07) is 0. The maximum atomic E-state index is 11.6. The van der Waals surface area contributed by atoms with Crippen LogP contribution in [0.3, 0.4) is 0 Å². The molecule has 0 aliphatic heterocycles. The van der Waals surface area contributed by atoms with Crippen LogP contribution >= 0.6 is 0 Å². The molecule has 2 N–H and O–H groups in total. The Morgan fingerprint density at radius 3 is 2.21 bits per heavy atom. The molecule has 24 heavy (non-hydrogen) atoms. The van der Waals surface area contributed by atoms with Gasteiger partial charge in [0.1, 0.15) is 18.8 Å². The fourth-order valence-electron chi connectivity index (χ4n) is 2.02. The first-order valence-electron chi connectivity index (χ1n) is 7.96. The number of hydrogen-bond acceptors (Lipinski definition) is 6. The fourth-order valence-corrected chi connectivity index (χ4v) is 2.02. The van der Waals surface area contributed by atoms with Crippen molar-refractivity contribution in [2.45, 2.75) is 65.6 Å². The third kappa shape index (κ3) is 9.99. The SMILES string of the molecule is CC=CC(=O)OC(C(O)COC(=O)CCCCC(=O)O)C(C)(C)C. The number of aliphatic hydroxyl groups excluding tert-OH is 1. The number of carboxylic acid groups (broad SMARTS) is 1. The molecule has 0 aliphatic rings. The van der Waals surface area contributed by atoms with Crippen LogP contribution in [0.5, 0.6) is 0 Å². The summed E-state index contributed by atoms with van der Waals surface area (Å²) in [6.07, 6.45) is 1.68. The lowest BCUT2D eigenvalue weighted by molar-refractivity contribution is -0.166. The molecular formula is C17H28O7. The Balaban J connectivity index is 4.40. The van der Waals surface area contributed by atoms with E-state index < -0.39 is 35.5 Å². The van der Waals surface area contributed by atoms with E-state index in [1.54, 1.807) is 27.7 Å². The number of unbranched alkanes of at least 4 members (excludes halogenated alkanes) is 1. The first-order chi connectivity index (χ1) is 11.1. The topological polar surface area (TPSA) is 110 Å². The predicted molar refractivity (Wildman–Crippen MR) is 87.2 cm³/mol. The molecule has 0 rings (SSSR count). The van der Waals surface area contributed by atoms with E-state index in [2.05, 4.69) is 0 Å². The van der Waals surface area contributed by atoms with Crippen LogP contribution < -0.4 is 0 Å². The molecule has 0 spiro atoms. The van der Waals surface area contributed by atoms with Gasteiger partial charge in [0.25, 0.3) is 0 Å². The standard InChI is InChI=1S/C17H28O7/c1-5-8-15(22)24-16(17(2,3)4)12(18)11-23-14(21)10-7-6-9-13(19)20/h5,8,12,16,18H,6-7,9-11H2,1-4H3,(H,19,20). The Morgan fingerprint density at radius 1 is 1.12 bits per heavy atom. The number of hydrogen-bond donors (Lipinski definition) is 2. The van der Waals surface area contributed by atoms with Crippen LogP contribution in [-0.2, 0) is 23.9 Å². The van der Waals surface area contributed by atoms with E-state index in [0.717, 1.165) is 0 Å². The molecule has 2 atom stereocenters. The lowest BCUT2D eigenvalue weighted by atomic mass is 9.85. The normalized spacial score (nSPS) is 14.2. The van der Waals surface area contributed by atoms with Crippen molar-refractivity contribution in [2.75, 3.05) is 6.61 Å². The van der Waals surface area contributed by atoms with E-state index in [0.29, 0.717) is 12.8 Å². The van der Waals surface area contributed by atoms with Crippen LogP contribution in [0.15, 0.2) is 12.2 Å². The smallest absolute Gasteiger partial charge is 0.330 e. The minimum absolute atomic E-state index is 0.00288. The molecule has 7 heteroatoms. The molecule has 0 aromatic rings. The zero-order valence-electron chi connectivity index (χ0n) is 14.8. The molecule has 138 valence electrons. The van der Waals surface area contributed by atoms with Gasteiger partial charge in [0.05, 0.1) is 0 Å². The molecule has 0 fully saturated rings. The molecule has 0 aromatic carbocycles. The Hall–Kier alpha value is -1.89. The number of carboxylic acids is 1. The summed E-state index contributed by atoms with van der Waals surface area (Å²) in [5.41, 5.74) is -0.537. The van der Waals surface area contributed by atoms with Gasteiger partial charge in [-0.2, -0.15) is 0 Å². The summed E-state index contributed by atoms with van der Waals surface area (Å²) in [5, 5.41) is 18.7. The van der Waals surface area contributed by atoms with Gasteiger partial charge in [0.15, 0.2) is 0 Å². The van der Waals surface area contributed by atoms with Gasteiger partial charge >= 0.3 is 17.9 Å².